The van der Waals surface area contributed by atoms with Crippen LogP contribution in [-0.4, -0.2) is 42.5 Å². The molecule has 94 valence electrons. The van der Waals surface area contributed by atoms with E-state index in [1.165, 1.54) is 0 Å². The summed E-state index contributed by atoms with van der Waals surface area (Å²) in [6, 6.07) is 6.58. The maximum atomic E-state index is 11.6. The molecule has 3 N–H and O–H groups in total. The van der Waals surface area contributed by atoms with Crippen molar-refractivity contribution in [3.63, 3.8) is 0 Å². The van der Waals surface area contributed by atoms with Crippen LogP contribution >= 0.6 is 0 Å². The fourth-order valence-corrected chi connectivity index (χ4v) is 1.40. The van der Waals surface area contributed by atoms with Crippen molar-refractivity contribution in [1.29, 1.82) is 0 Å². The van der Waals surface area contributed by atoms with Crippen LogP contribution < -0.4 is 10.1 Å². The fourth-order valence-electron chi connectivity index (χ4n) is 1.40. The van der Waals surface area contributed by atoms with E-state index < -0.39 is 6.04 Å². The number of amides is 1. The number of ether oxygens (including phenoxy) is 1. The standard InChI is InChI=1S/C12H17NO4/c1-17-11-4-2-3-9(5-11)6-12(16)13-10(7-14)8-15/h2-5,10,14-15H,6-8H2,1H3,(H,13,16). The van der Waals surface area contributed by atoms with Gasteiger partial charge in [-0.15, -0.1) is 0 Å². The van der Waals surface area contributed by atoms with Crippen LogP contribution in [0, 0.1) is 0 Å². The molecular formula is C12H17NO4. The van der Waals surface area contributed by atoms with E-state index in [9.17, 15) is 4.79 Å². The first-order valence-electron chi connectivity index (χ1n) is 5.33. The second-order valence-corrected chi connectivity index (χ2v) is 3.66. The molecule has 0 saturated heterocycles. The quantitative estimate of drug-likeness (QED) is 0.637. The third kappa shape index (κ3) is 4.42. The van der Waals surface area contributed by atoms with Gasteiger partial charge in [-0.3, -0.25) is 4.79 Å². The van der Waals surface area contributed by atoms with Crippen molar-refractivity contribution in [2.75, 3.05) is 20.3 Å². The van der Waals surface area contributed by atoms with Crippen LogP contribution in [0.1, 0.15) is 5.56 Å². The Morgan fingerprint density at radius 2 is 2.12 bits per heavy atom. The minimum Gasteiger partial charge on any atom is -0.497 e. The monoisotopic (exact) mass is 239 g/mol. The van der Waals surface area contributed by atoms with Gasteiger partial charge in [0, 0.05) is 0 Å². The van der Waals surface area contributed by atoms with Gasteiger partial charge in [-0.2, -0.15) is 0 Å². The van der Waals surface area contributed by atoms with Crippen molar-refractivity contribution in [2.24, 2.45) is 0 Å². The molecule has 0 aliphatic carbocycles. The number of carbonyl (C=O) groups is 1. The molecule has 5 heteroatoms. The summed E-state index contributed by atoms with van der Waals surface area (Å²) in [6.07, 6.45) is 0.188. The van der Waals surface area contributed by atoms with E-state index in [0.29, 0.717) is 5.75 Å². The average molecular weight is 239 g/mol. The average Bonchev–Trinajstić information content (AvgIpc) is 2.36. The number of aliphatic hydroxyl groups excluding tert-OH is 2. The van der Waals surface area contributed by atoms with Crippen LogP contribution in [0.4, 0.5) is 0 Å². The number of benzene rings is 1. The van der Waals surface area contributed by atoms with E-state index in [1.54, 1.807) is 25.3 Å². The van der Waals surface area contributed by atoms with E-state index in [1.807, 2.05) is 6.07 Å². The summed E-state index contributed by atoms with van der Waals surface area (Å²) in [4.78, 5) is 11.6. The summed E-state index contributed by atoms with van der Waals surface area (Å²) in [5, 5.41) is 20.2. The second kappa shape index (κ2) is 6.88. The van der Waals surface area contributed by atoms with Gasteiger partial charge in [0.05, 0.1) is 32.8 Å². The third-order valence-corrected chi connectivity index (χ3v) is 2.30. The number of hydrogen-bond acceptors (Lipinski definition) is 4. The Labute approximate surface area is 100 Å². The highest BCUT2D eigenvalue weighted by molar-refractivity contribution is 5.79. The van der Waals surface area contributed by atoms with Gasteiger partial charge in [-0.25, -0.2) is 0 Å². The fraction of sp³-hybridized carbons (Fsp3) is 0.417. The predicted octanol–water partition coefficient (Wildman–Crippen LogP) is -0.293. The molecule has 1 rings (SSSR count). The number of rotatable bonds is 6. The highest BCUT2D eigenvalue weighted by atomic mass is 16.5. The number of nitrogens with one attached hydrogen (secondary N) is 1. The number of methoxy groups -OCH3 is 1. The van der Waals surface area contributed by atoms with E-state index in [4.69, 9.17) is 14.9 Å². The first-order chi connectivity index (χ1) is 8.19. The van der Waals surface area contributed by atoms with Crippen LogP contribution in [0.3, 0.4) is 0 Å². The van der Waals surface area contributed by atoms with Crippen LogP contribution in [0.5, 0.6) is 5.75 Å². The van der Waals surface area contributed by atoms with Crippen molar-refractivity contribution in [1.82, 2.24) is 5.32 Å². The summed E-state index contributed by atoms with van der Waals surface area (Å²) in [7, 11) is 1.56. The van der Waals surface area contributed by atoms with Crippen LogP contribution in [0.25, 0.3) is 0 Å². The molecule has 0 spiro atoms. The van der Waals surface area contributed by atoms with Crippen molar-refractivity contribution in [3.8, 4) is 5.75 Å². The van der Waals surface area contributed by atoms with Crippen LogP contribution in [0.15, 0.2) is 24.3 Å². The van der Waals surface area contributed by atoms with Gasteiger partial charge >= 0.3 is 0 Å². The maximum Gasteiger partial charge on any atom is 0.224 e. The molecule has 0 aromatic heterocycles. The summed E-state index contributed by atoms with van der Waals surface area (Å²) >= 11 is 0. The van der Waals surface area contributed by atoms with Gasteiger partial charge in [0.1, 0.15) is 5.75 Å². The molecule has 0 bridgehead atoms. The highest BCUT2D eigenvalue weighted by Crippen LogP contribution is 2.12. The number of carbonyl (C=O) groups excluding carboxylic acids is 1. The molecule has 0 aliphatic rings. The molecule has 0 fully saturated rings. The smallest absolute Gasteiger partial charge is 0.224 e. The molecule has 0 atom stereocenters. The Morgan fingerprint density at radius 1 is 1.41 bits per heavy atom. The lowest BCUT2D eigenvalue weighted by Gasteiger charge is -2.13. The zero-order chi connectivity index (χ0) is 12.7. The van der Waals surface area contributed by atoms with Gasteiger partial charge in [0.15, 0.2) is 0 Å². The summed E-state index contributed by atoms with van der Waals surface area (Å²) < 4.78 is 5.05. The van der Waals surface area contributed by atoms with E-state index in [0.717, 1.165) is 5.56 Å². The van der Waals surface area contributed by atoms with Gasteiger partial charge in [0.25, 0.3) is 0 Å². The van der Waals surface area contributed by atoms with Crippen LogP contribution in [0.2, 0.25) is 0 Å². The third-order valence-electron chi connectivity index (χ3n) is 2.30. The first kappa shape index (κ1) is 13.5. The van der Waals surface area contributed by atoms with Crippen LogP contribution in [-0.2, 0) is 11.2 Å². The topological polar surface area (TPSA) is 78.8 Å². The molecule has 1 amide bonds. The normalized spacial score (nSPS) is 10.4. The van der Waals surface area contributed by atoms with Gasteiger partial charge in [0.2, 0.25) is 5.91 Å². The Morgan fingerprint density at radius 3 is 2.71 bits per heavy atom. The largest absolute Gasteiger partial charge is 0.497 e. The molecule has 0 aliphatic heterocycles. The predicted molar refractivity (Wildman–Crippen MR) is 62.8 cm³/mol. The van der Waals surface area contributed by atoms with Gasteiger partial charge in [-0.05, 0) is 17.7 Å². The Balaban J connectivity index is 2.55. The highest BCUT2D eigenvalue weighted by Gasteiger charge is 2.10. The van der Waals surface area contributed by atoms with E-state index >= 15 is 0 Å². The summed E-state index contributed by atoms with van der Waals surface area (Å²) in [5.41, 5.74) is 0.816. The molecule has 0 heterocycles. The number of hydrogen-bond donors (Lipinski definition) is 3. The molecule has 0 radical (unpaired) electrons. The van der Waals surface area contributed by atoms with Gasteiger partial charge in [-0.1, -0.05) is 12.1 Å². The molecule has 17 heavy (non-hydrogen) atoms. The summed E-state index contributed by atoms with van der Waals surface area (Å²) in [6.45, 7) is -0.555. The van der Waals surface area contributed by atoms with Crippen molar-refractivity contribution in [2.45, 2.75) is 12.5 Å². The molecule has 1 aromatic carbocycles. The molecule has 0 saturated carbocycles. The molecule has 1 aromatic rings. The Hall–Kier alpha value is -1.59. The minimum atomic E-state index is -0.604. The Bertz CT molecular complexity index is 363. The zero-order valence-electron chi connectivity index (χ0n) is 9.72. The van der Waals surface area contributed by atoms with E-state index in [2.05, 4.69) is 5.32 Å². The first-order valence-corrected chi connectivity index (χ1v) is 5.33. The summed E-state index contributed by atoms with van der Waals surface area (Å²) in [5.74, 6) is 0.447. The van der Waals surface area contributed by atoms with Crippen molar-refractivity contribution < 1.29 is 19.7 Å². The maximum absolute atomic E-state index is 11.6. The SMILES string of the molecule is COc1cccc(CC(=O)NC(CO)CO)c1. The van der Waals surface area contributed by atoms with Gasteiger partial charge < -0.3 is 20.3 Å². The molecule has 5 nitrogen and oxygen atoms in total. The zero-order valence-corrected chi connectivity index (χ0v) is 9.72. The van der Waals surface area contributed by atoms with E-state index in [-0.39, 0.29) is 25.5 Å². The van der Waals surface area contributed by atoms with Crippen molar-refractivity contribution >= 4 is 5.91 Å². The Kier molecular flexibility index (Phi) is 5.45. The lowest BCUT2D eigenvalue weighted by Crippen LogP contribution is -2.40. The molecule has 0 unspecified atom stereocenters. The second-order valence-electron chi connectivity index (χ2n) is 3.66. The lowest BCUT2D eigenvalue weighted by atomic mass is 10.1. The van der Waals surface area contributed by atoms with Crippen molar-refractivity contribution in [3.05, 3.63) is 29.8 Å². The number of aliphatic hydroxyl groups is 2. The minimum absolute atomic E-state index is 0.188. The lowest BCUT2D eigenvalue weighted by molar-refractivity contribution is -0.121. The molecular weight excluding hydrogens is 222 g/mol.